The van der Waals surface area contributed by atoms with Gasteiger partial charge < -0.3 is 25.4 Å². The standard InChI is InChI=1S/C17H26ClN3O3/c1-12-3-4-13(9-15(12)18)14-10-19-5-8-24-16(14)11-21-17(22)20-6-7-23-2/h3-4,9,14,16,19H,5-8,10-11H2,1-2H3,(H2,20,21,22). The molecular weight excluding hydrogens is 330 g/mol. The molecule has 0 aromatic heterocycles. The zero-order chi connectivity index (χ0) is 17.4. The van der Waals surface area contributed by atoms with Gasteiger partial charge >= 0.3 is 6.03 Å². The maximum absolute atomic E-state index is 11.8. The number of urea groups is 1. The Kier molecular flexibility index (Phi) is 7.78. The summed E-state index contributed by atoms with van der Waals surface area (Å²) in [6, 6.07) is 5.87. The van der Waals surface area contributed by atoms with Crippen molar-refractivity contribution >= 4 is 17.6 Å². The van der Waals surface area contributed by atoms with E-state index in [1.165, 1.54) is 0 Å². The fourth-order valence-corrected chi connectivity index (χ4v) is 2.87. The van der Waals surface area contributed by atoms with Crippen molar-refractivity contribution in [2.75, 3.05) is 46.5 Å². The Hall–Kier alpha value is -1.34. The monoisotopic (exact) mass is 355 g/mol. The minimum atomic E-state index is -0.214. The van der Waals surface area contributed by atoms with Gasteiger partial charge in [0.15, 0.2) is 0 Å². The molecule has 0 aliphatic carbocycles. The van der Waals surface area contributed by atoms with Crippen LogP contribution < -0.4 is 16.0 Å². The lowest BCUT2D eigenvalue weighted by Gasteiger charge is -2.26. The molecule has 0 radical (unpaired) electrons. The SMILES string of the molecule is COCCNC(=O)NCC1OCCNCC1c1ccc(C)c(Cl)c1. The van der Waals surface area contributed by atoms with Crippen LogP contribution in [0, 0.1) is 6.92 Å². The molecule has 1 aliphatic heterocycles. The molecule has 1 heterocycles. The molecule has 1 aromatic carbocycles. The highest BCUT2D eigenvalue weighted by molar-refractivity contribution is 6.31. The Morgan fingerprint density at radius 3 is 3.04 bits per heavy atom. The summed E-state index contributed by atoms with van der Waals surface area (Å²) in [4.78, 5) is 11.8. The van der Waals surface area contributed by atoms with Crippen LogP contribution in [0.3, 0.4) is 0 Å². The molecule has 2 atom stereocenters. The number of ether oxygens (including phenoxy) is 2. The van der Waals surface area contributed by atoms with E-state index in [1.807, 2.05) is 19.1 Å². The normalized spacial score (nSPS) is 21.1. The fraction of sp³-hybridized carbons (Fsp3) is 0.588. The van der Waals surface area contributed by atoms with E-state index in [0.29, 0.717) is 26.3 Å². The summed E-state index contributed by atoms with van der Waals surface area (Å²) in [6.07, 6.45) is -0.105. The lowest BCUT2D eigenvalue weighted by molar-refractivity contribution is 0.0538. The number of rotatable bonds is 6. The average Bonchev–Trinajstić information content (AvgIpc) is 2.81. The molecular formula is C17H26ClN3O3. The van der Waals surface area contributed by atoms with Crippen molar-refractivity contribution in [1.82, 2.24) is 16.0 Å². The molecule has 2 unspecified atom stereocenters. The predicted molar refractivity (Wildman–Crippen MR) is 94.8 cm³/mol. The highest BCUT2D eigenvalue weighted by atomic mass is 35.5. The first-order valence-electron chi connectivity index (χ1n) is 8.21. The number of carbonyl (C=O) groups is 1. The van der Waals surface area contributed by atoms with E-state index in [4.69, 9.17) is 21.1 Å². The smallest absolute Gasteiger partial charge is 0.314 e. The highest BCUT2D eigenvalue weighted by Gasteiger charge is 2.26. The molecule has 7 heteroatoms. The topological polar surface area (TPSA) is 71.6 Å². The van der Waals surface area contributed by atoms with Crippen LogP contribution in [0.25, 0.3) is 0 Å². The first kappa shape index (κ1) is 19.0. The third-order valence-corrected chi connectivity index (χ3v) is 4.51. The second kappa shape index (κ2) is 9.84. The fourth-order valence-electron chi connectivity index (χ4n) is 2.68. The summed E-state index contributed by atoms with van der Waals surface area (Å²) in [5, 5.41) is 9.74. The molecule has 1 saturated heterocycles. The Labute approximate surface area is 148 Å². The maximum Gasteiger partial charge on any atom is 0.314 e. The van der Waals surface area contributed by atoms with Crippen molar-refractivity contribution in [3.8, 4) is 0 Å². The van der Waals surface area contributed by atoms with Crippen molar-refractivity contribution in [1.29, 1.82) is 0 Å². The van der Waals surface area contributed by atoms with Crippen LogP contribution >= 0.6 is 11.6 Å². The first-order valence-corrected chi connectivity index (χ1v) is 8.58. The van der Waals surface area contributed by atoms with Crippen molar-refractivity contribution in [3.63, 3.8) is 0 Å². The largest absolute Gasteiger partial charge is 0.383 e. The molecule has 24 heavy (non-hydrogen) atoms. The number of halogens is 1. The van der Waals surface area contributed by atoms with Gasteiger partial charge in [0, 0.05) is 44.2 Å². The van der Waals surface area contributed by atoms with Gasteiger partial charge in [-0.05, 0) is 24.1 Å². The van der Waals surface area contributed by atoms with Crippen LogP contribution in [0.5, 0.6) is 0 Å². The molecule has 1 aromatic rings. The molecule has 0 spiro atoms. The Morgan fingerprint density at radius 2 is 2.29 bits per heavy atom. The third-order valence-electron chi connectivity index (χ3n) is 4.10. The molecule has 134 valence electrons. The van der Waals surface area contributed by atoms with Crippen LogP contribution in [-0.4, -0.2) is 58.6 Å². The Bertz CT molecular complexity index is 542. The van der Waals surface area contributed by atoms with Gasteiger partial charge in [-0.25, -0.2) is 4.79 Å². The minimum absolute atomic E-state index is 0.105. The summed E-state index contributed by atoms with van der Waals surface area (Å²) in [7, 11) is 1.60. The molecule has 1 aliphatic rings. The van der Waals surface area contributed by atoms with E-state index >= 15 is 0 Å². The first-order chi connectivity index (χ1) is 11.6. The lowest BCUT2D eigenvalue weighted by atomic mass is 9.92. The van der Waals surface area contributed by atoms with E-state index < -0.39 is 0 Å². The van der Waals surface area contributed by atoms with Crippen molar-refractivity contribution in [2.24, 2.45) is 0 Å². The second-order valence-corrected chi connectivity index (χ2v) is 6.27. The number of aryl methyl sites for hydroxylation is 1. The summed E-state index contributed by atoms with van der Waals surface area (Å²) < 4.78 is 10.9. The molecule has 3 N–H and O–H groups in total. The molecule has 2 rings (SSSR count). The summed E-state index contributed by atoms with van der Waals surface area (Å²) >= 11 is 6.27. The van der Waals surface area contributed by atoms with Gasteiger partial charge in [0.2, 0.25) is 0 Å². The Balaban J connectivity index is 1.98. The third kappa shape index (κ3) is 5.63. The number of carbonyl (C=O) groups excluding carboxylic acids is 1. The highest BCUT2D eigenvalue weighted by Crippen LogP contribution is 2.27. The van der Waals surface area contributed by atoms with Crippen molar-refractivity contribution in [2.45, 2.75) is 18.9 Å². The van der Waals surface area contributed by atoms with Crippen LogP contribution in [0.15, 0.2) is 18.2 Å². The molecule has 1 fully saturated rings. The van der Waals surface area contributed by atoms with Gasteiger partial charge in [0.25, 0.3) is 0 Å². The van der Waals surface area contributed by atoms with Crippen LogP contribution in [-0.2, 0) is 9.47 Å². The van der Waals surface area contributed by atoms with E-state index in [0.717, 1.165) is 29.2 Å². The number of hydrogen-bond donors (Lipinski definition) is 3. The van der Waals surface area contributed by atoms with Gasteiger partial charge in [-0.2, -0.15) is 0 Å². The minimum Gasteiger partial charge on any atom is -0.383 e. The number of benzene rings is 1. The zero-order valence-electron chi connectivity index (χ0n) is 14.2. The van der Waals surface area contributed by atoms with Gasteiger partial charge in [-0.15, -0.1) is 0 Å². The number of hydrogen-bond acceptors (Lipinski definition) is 4. The zero-order valence-corrected chi connectivity index (χ0v) is 15.0. The summed E-state index contributed by atoms with van der Waals surface area (Å²) in [5.74, 6) is 0.130. The number of nitrogens with one attached hydrogen (secondary N) is 3. The van der Waals surface area contributed by atoms with E-state index in [-0.39, 0.29) is 18.1 Å². The van der Waals surface area contributed by atoms with E-state index in [1.54, 1.807) is 7.11 Å². The van der Waals surface area contributed by atoms with Crippen molar-refractivity contribution < 1.29 is 14.3 Å². The van der Waals surface area contributed by atoms with Gasteiger partial charge in [0.1, 0.15) is 0 Å². The lowest BCUT2D eigenvalue weighted by Crippen LogP contribution is -2.43. The van der Waals surface area contributed by atoms with Gasteiger partial charge in [0.05, 0.1) is 19.3 Å². The van der Waals surface area contributed by atoms with Crippen LogP contribution in [0.1, 0.15) is 17.0 Å². The quantitative estimate of drug-likeness (QED) is 0.679. The maximum atomic E-state index is 11.8. The van der Waals surface area contributed by atoms with Crippen LogP contribution in [0.4, 0.5) is 4.79 Å². The molecule has 0 saturated carbocycles. The summed E-state index contributed by atoms with van der Waals surface area (Å²) in [6.45, 7) is 5.60. The number of methoxy groups -OCH3 is 1. The van der Waals surface area contributed by atoms with Gasteiger partial charge in [-0.1, -0.05) is 23.7 Å². The van der Waals surface area contributed by atoms with Crippen LogP contribution in [0.2, 0.25) is 5.02 Å². The molecule has 2 amide bonds. The second-order valence-electron chi connectivity index (χ2n) is 5.86. The Morgan fingerprint density at radius 1 is 1.46 bits per heavy atom. The number of amides is 2. The molecule has 0 bridgehead atoms. The predicted octanol–water partition coefficient (Wildman–Crippen LogP) is 1.67. The van der Waals surface area contributed by atoms with Crippen molar-refractivity contribution in [3.05, 3.63) is 34.3 Å². The van der Waals surface area contributed by atoms with E-state index in [9.17, 15) is 4.79 Å². The summed E-state index contributed by atoms with van der Waals surface area (Å²) in [5.41, 5.74) is 2.17. The van der Waals surface area contributed by atoms with E-state index in [2.05, 4.69) is 22.0 Å². The average molecular weight is 356 g/mol. The molecule has 6 nitrogen and oxygen atoms in total. The van der Waals surface area contributed by atoms with Gasteiger partial charge in [-0.3, -0.25) is 0 Å².